The summed E-state index contributed by atoms with van der Waals surface area (Å²) < 4.78 is 5.92. The Kier molecular flexibility index (Phi) is 4.40. The predicted octanol–water partition coefficient (Wildman–Crippen LogP) is 1.28. The van der Waals surface area contributed by atoms with E-state index in [2.05, 4.69) is 0 Å². The highest BCUT2D eigenvalue weighted by Gasteiger charge is 2.40. The molecule has 102 valence electrons. The van der Waals surface area contributed by atoms with Gasteiger partial charge in [-0.3, -0.25) is 4.79 Å². The van der Waals surface area contributed by atoms with E-state index in [1.807, 2.05) is 30.0 Å². The van der Waals surface area contributed by atoms with Crippen molar-refractivity contribution >= 4 is 5.91 Å². The van der Waals surface area contributed by atoms with Gasteiger partial charge in [-0.15, -0.1) is 0 Å². The fourth-order valence-electron chi connectivity index (χ4n) is 2.82. The van der Waals surface area contributed by atoms with Gasteiger partial charge in [-0.25, -0.2) is 0 Å². The Balaban J connectivity index is 1.88. The van der Waals surface area contributed by atoms with Crippen molar-refractivity contribution in [3.05, 3.63) is 12.2 Å². The maximum Gasteiger partial charge on any atom is 0.246 e. The summed E-state index contributed by atoms with van der Waals surface area (Å²) in [4.78, 5) is 16.1. The van der Waals surface area contributed by atoms with Crippen molar-refractivity contribution in [3.8, 4) is 0 Å². The van der Waals surface area contributed by atoms with Crippen molar-refractivity contribution in [3.63, 3.8) is 0 Å². The summed E-state index contributed by atoms with van der Waals surface area (Å²) in [5.41, 5.74) is -0.0245. The van der Waals surface area contributed by atoms with Crippen LogP contribution >= 0.6 is 0 Å². The zero-order valence-electron chi connectivity index (χ0n) is 11.5. The molecule has 0 atom stereocenters. The average Bonchev–Trinajstić information content (AvgIpc) is 2.76. The number of carbonyl (C=O) groups is 1. The van der Waals surface area contributed by atoms with Gasteiger partial charge < -0.3 is 14.5 Å². The molecule has 4 heteroatoms. The molecule has 1 spiro atoms. The number of morpholine rings is 1. The van der Waals surface area contributed by atoms with E-state index in [9.17, 15) is 4.79 Å². The molecule has 2 rings (SSSR count). The molecule has 1 saturated carbocycles. The second kappa shape index (κ2) is 5.85. The molecule has 1 aliphatic carbocycles. The Morgan fingerprint density at radius 1 is 1.39 bits per heavy atom. The normalized spacial score (nSPS) is 23.4. The summed E-state index contributed by atoms with van der Waals surface area (Å²) in [6.07, 6.45) is 8.32. The van der Waals surface area contributed by atoms with E-state index in [0.717, 1.165) is 32.5 Å². The molecule has 4 nitrogen and oxygen atoms in total. The van der Waals surface area contributed by atoms with Crippen molar-refractivity contribution in [2.45, 2.75) is 31.3 Å². The molecule has 0 bridgehead atoms. The maximum absolute atomic E-state index is 12.1. The third-order valence-electron chi connectivity index (χ3n) is 3.81. The number of likely N-dealkylation sites (N-methyl/N-ethyl adjacent to an activating group) is 1. The van der Waals surface area contributed by atoms with Crippen molar-refractivity contribution in [1.29, 1.82) is 0 Å². The van der Waals surface area contributed by atoms with Crippen LogP contribution in [0.5, 0.6) is 0 Å². The number of hydrogen-bond donors (Lipinski definition) is 0. The van der Waals surface area contributed by atoms with Crippen molar-refractivity contribution < 1.29 is 9.53 Å². The number of nitrogens with zero attached hydrogens (tertiary/aromatic N) is 2. The van der Waals surface area contributed by atoms with Gasteiger partial charge in [-0.05, 0) is 26.9 Å². The number of ether oxygens (including phenoxy) is 1. The van der Waals surface area contributed by atoms with Gasteiger partial charge in [0.2, 0.25) is 5.91 Å². The minimum Gasteiger partial charge on any atom is -0.371 e. The minimum atomic E-state index is -0.0245. The van der Waals surface area contributed by atoms with Gasteiger partial charge in [0.05, 0.1) is 18.8 Å². The molecule has 0 N–H and O–H groups in total. The second-order valence-corrected chi connectivity index (χ2v) is 5.66. The second-order valence-electron chi connectivity index (χ2n) is 5.66. The summed E-state index contributed by atoms with van der Waals surface area (Å²) in [5, 5.41) is 0. The molecule has 2 aliphatic rings. The maximum atomic E-state index is 12.1. The Bertz CT molecular complexity index is 320. The van der Waals surface area contributed by atoms with Crippen molar-refractivity contribution in [1.82, 2.24) is 9.80 Å². The third-order valence-corrected chi connectivity index (χ3v) is 3.81. The first-order valence-corrected chi connectivity index (χ1v) is 6.85. The lowest BCUT2D eigenvalue weighted by atomic mass is 9.99. The topological polar surface area (TPSA) is 32.8 Å². The molecule has 0 aromatic carbocycles. The standard InChI is InChI=1S/C14H24N2O2/c1-15(2)9-5-6-13(17)16-10-11-18-14(12-16)7-3-4-8-14/h5-6H,3-4,7-12H2,1-2H3/b6-5+. The van der Waals surface area contributed by atoms with Crippen LogP contribution in [-0.2, 0) is 9.53 Å². The third kappa shape index (κ3) is 3.33. The molecule has 0 aromatic heterocycles. The van der Waals surface area contributed by atoms with Crippen molar-refractivity contribution in [2.75, 3.05) is 40.3 Å². The van der Waals surface area contributed by atoms with Gasteiger partial charge in [0.1, 0.15) is 0 Å². The predicted molar refractivity (Wildman–Crippen MR) is 71.4 cm³/mol. The molecular formula is C14H24N2O2. The van der Waals surface area contributed by atoms with Crippen LogP contribution in [0.1, 0.15) is 25.7 Å². The zero-order valence-corrected chi connectivity index (χ0v) is 11.5. The van der Waals surface area contributed by atoms with Crippen molar-refractivity contribution in [2.24, 2.45) is 0 Å². The van der Waals surface area contributed by atoms with E-state index in [0.29, 0.717) is 6.61 Å². The quantitative estimate of drug-likeness (QED) is 0.709. The molecule has 1 heterocycles. The smallest absolute Gasteiger partial charge is 0.246 e. The largest absolute Gasteiger partial charge is 0.371 e. The number of amides is 1. The SMILES string of the molecule is CN(C)C/C=C/C(=O)N1CCOC2(CCCC2)C1. The number of carbonyl (C=O) groups excluding carboxylic acids is 1. The Labute approximate surface area is 110 Å². The molecule has 18 heavy (non-hydrogen) atoms. The van der Waals surface area contributed by atoms with Gasteiger partial charge in [-0.1, -0.05) is 18.9 Å². The average molecular weight is 252 g/mol. The summed E-state index contributed by atoms with van der Waals surface area (Å²) >= 11 is 0. The summed E-state index contributed by atoms with van der Waals surface area (Å²) in [6.45, 7) is 3.00. The highest BCUT2D eigenvalue weighted by molar-refractivity contribution is 5.87. The molecule has 0 radical (unpaired) electrons. The van der Waals surface area contributed by atoms with Crippen LogP contribution in [0.25, 0.3) is 0 Å². The molecule has 2 fully saturated rings. The van der Waals surface area contributed by atoms with Gasteiger partial charge in [0, 0.05) is 19.2 Å². The monoisotopic (exact) mass is 252 g/mol. The summed E-state index contributed by atoms with van der Waals surface area (Å²) in [6, 6.07) is 0. The summed E-state index contributed by atoms with van der Waals surface area (Å²) in [5.74, 6) is 0.131. The summed E-state index contributed by atoms with van der Waals surface area (Å²) in [7, 11) is 3.99. The first-order valence-electron chi connectivity index (χ1n) is 6.85. The molecule has 0 unspecified atom stereocenters. The zero-order chi connectivity index (χ0) is 13.0. The van der Waals surface area contributed by atoms with Gasteiger partial charge in [-0.2, -0.15) is 0 Å². The fraction of sp³-hybridized carbons (Fsp3) is 0.786. The van der Waals surface area contributed by atoms with Crippen LogP contribution in [0.2, 0.25) is 0 Å². The Morgan fingerprint density at radius 2 is 2.11 bits per heavy atom. The minimum absolute atomic E-state index is 0.0245. The van der Waals surface area contributed by atoms with E-state index in [1.54, 1.807) is 6.08 Å². The molecular weight excluding hydrogens is 228 g/mol. The lowest BCUT2D eigenvalue weighted by molar-refractivity contribution is -0.145. The lowest BCUT2D eigenvalue weighted by Gasteiger charge is -2.40. The van der Waals surface area contributed by atoms with Crippen LogP contribution in [0.4, 0.5) is 0 Å². The Morgan fingerprint density at radius 3 is 2.78 bits per heavy atom. The lowest BCUT2D eigenvalue weighted by Crippen LogP contribution is -2.52. The number of rotatable bonds is 3. The van der Waals surface area contributed by atoms with Crippen LogP contribution in [-0.4, -0.2) is 61.6 Å². The fourth-order valence-corrected chi connectivity index (χ4v) is 2.82. The van der Waals surface area contributed by atoms with Gasteiger partial charge >= 0.3 is 0 Å². The van der Waals surface area contributed by atoms with Crippen LogP contribution in [0.3, 0.4) is 0 Å². The molecule has 1 amide bonds. The van der Waals surface area contributed by atoms with Crippen LogP contribution < -0.4 is 0 Å². The first-order chi connectivity index (χ1) is 8.61. The highest BCUT2D eigenvalue weighted by atomic mass is 16.5. The van der Waals surface area contributed by atoms with E-state index >= 15 is 0 Å². The van der Waals surface area contributed by atoms with Gasteiger partial charge in [0.25, 0.3) is 0 Å². The number of hydrogen-bond acceptors (Lipinski definition) is 3. The Hall–Kier alpha value is -0.870. The van der Waals surface area contributed by atoms with E-state index in [1.165, 1.54) is 12.8 Å². The highest BCUT2D eigenvalue weighted by Crippen LogP contribution is 2.35. The van der Waals surface area contributed by atoms with Crippen LogP contribution in [0.15, 0.2) is 12.2 Å². The molecule has 0 aromatic rings. The van der Waals surface area contributed by atoms with Gasteiger partial charge in [0.15, 0.2) is 0 Å². The van der Waals surface area contributed by atoms with Crippen LogP contribution in [0, 0.1) is 0 Å². The van der Waals surface area contributed by atoms with E-state index in [-0.39, 0.29) is 11.5 Å². The first kappa shape index (κ1) is 13.6. The molecule has 1 saturated heterocycles. The van der Waals surface area contributed by atoms with E-state index < -0.39 is 0 Å². The molecule has 1 aliphatic heterocycles. The van der Waals surface area contributed by atoms with E-state index in [4.69, 9.17) is 4.74 Å².